The third kappa shape index (κ3) is 3.37. The molecule has 1 aromatic carbocycles. The van der Waals surface area contributed by atoms with Crippen LogP contribution in [-0.2, 0) is 4.79 Å². The normalized spacial score (nSPS) is 11.9. The van der Waals surface area contributed by atoms with Crippen LogP contribution in [0, 0.1) is 5.92 Å². The van der Waals surface area contributed by atoms with Crippen LogP contribution in [-0.4, -0.2) is 30.6 Å². The topological polar surface area (TPSA) is 83.6 Å². The Bertz CT molecular complexity index is 476. The average molecular weight is 271 g/mol. The lowest BCUT2D eigenvalue weighted by Gasteiger charge is -2.23. The van der Waals surface area contributed by atoms with E-state index in [1.165, 1.54) is 6.07 Å². The molecule has 6 heteroatoms. The zero-order chi connectivity index (χ0) is 13.9. The summed E-state index contributed by atoms with van der Waals surface area (Å²) in [4.78, 5) is 23.8. The summed E-state index contributed by atoms with van der Waals surface area (Å²) in [6.45, 7) is 1.87. The lowest BCUT2D eigenvalue weighted by Crippen LogP contribution is -2.30. The van der Waals surface area contributed by atoms with Gasteiger partial charge >= 0.3 is 5.97 Å². The quantitative estimate of drug-likeness (QED) is 0.851. The molecule has 1 atom stereocenters. The molecule has 0 aliphatic rings. The molecule has 0 spiro atoms. The van der Waals surface area contributed by atoms with Crippen LogP contribution in [0.3, 0.4) is 0 Å². The van der Waals surface area contributed by atoms with Crippen LogP contribution in [0.25, 0.3) is 0 Å². The molecule has 3 N–H and O–H groups in total. The summed E-state index contributed by atoms with van der Waals surface area (Å²) in [7, 11) is 1.70. The lowest BCUT2D eigenvalue weighted by molar-refractivity contribution is -0.140. The molecule has 0 saturated carbocycles. The highest BCUT2D eigenvalue weighted by molar-refractivity contribution is 6.31. The molecule has 1 rings (SSSR count). The van der Waals surface area contributed by atoms with Crippen molar-refractivity contribution >= 4 is 29.2 Å². The Kier molecular flexibility index (Phi) is 4.55. The highest BCUT2D eigenvalue weighted by atomic mass is 35.5. The first-order valence-corrected chi connectivity index (χ1v) is 5.74. The third-order valence-electron chi connectivity index (χ3n) is 2.60. The number of amides is 1. The molecule has 1 amide bonds. The van der Waals surface area contributed by atoms with E-state index in [-0.39, 0.29) is 12.1 Å². The van der Waals surface area contributed by atoms with Gasteiger partial charge in [0, 0.05) is 24.3 Å². The van der Waals surface area contributed by atoms with Crippen LogP contribution in [0.5, 0.6) is 0 Å². The second-order valence-electron chi connectivity index (χ2n) is 4.15. The number of benzene rings is 1. The third-order valence-corrected chi connectivity index (χ3v) is 2.84. The van der Waals surface area contributed by atoms with E-state index >= 15 is 0 Å². The van der Waals surface area contributed by atoms with Gasteiger partial charge in [0.25, 0.3) is 5.91 Å². The van der Waals surface area contributed by atoms with Gasteiger partial charge in [-0.3, -0.25) is 9.59 Å². The predicted molar refractivity (Wildman–Crippen MR) is 70.0 cm³/mol. The van der Waals surface area contributed by atoms with E-state index in [0.29, 0.717) is 10.7 Å². The standard InChI is InChI=1S/C12H15ClN2O3/c1-7(12(17)18)6-15(2)10-4-3-8(13)5-9(10)11(14)16/h3-5,7H,6H2,1-2H3,(H2,14,16)(H,17,18). The van der Waals surface area contributed by atoms with Gasteiger partial charge in [-0.25, -0.2) is 0 Å². The molecule has 0 aromatic heterocycles. The summed E-state index contributed by atoms with van der Waals surface area (Å²) in [6, 6.07) is 4.75. The van der Waals surface area contributed by atoms with Crippen molar-refractivity contribution in [1.29, 1.82) is 0 Å². The summed E-state index contributed by atoms with van der Waals surface area (Å²) in [5, 5.41) is 9.27. The number of nitrogens with zero attached hydrogens (tertiary/aromatic N) is 1. The average Bonchev–Trinajstić information content (AvgIpc) is 2.28. The first kappa shape index (κ1) is 14.3. The van der Waals surface area contributed by atoms with Gasteiger partial charge < -0.3 is 15.7 Å². The number of nitrogens with two attached hydrogens (primary N) is 1. The smallest absolute Gasteiger partial charge is 0.308 e. The fourth-order valence-corrected chi connectivity index (χ4v) is 1.80. The SMILES string of the molecule is CC(CN(C)c1ccc(Cl)cc1C(N)=O)C(=O)O. The second kappa shape index (κ2) is 5.73. The summed E-state index contributed by atoms with van der Waals surface area (Å²) < 4.78 is 0. The van der Waals surface area contributed by atoms with Crippen LogP contribution in [0.4, 0.5) is 5.69 Å². The molecular formula is C12H15ClN2O3. The first-order chi connectivity index (χ1) is 8.32. The van der Waals surface area contributed by atoms with Gasteiger partial charge in [-0.1, -0.05) is 18.5 Å². The summed E-state index contributed by atoms with van der Waals surface area (Å²) in [6.07, 6.45) is 0. The predicted octanol–water partition coefficient (Wildman–Crippen LogP) is 1.60. The van der Waals surface area contributed by atoms with E-state index in [9.17, 15) is 9.59 Å². The molecule has 98 valence electrons. The molecule has 0 fully saturated rings. The minimum absolute atomic E-state index is 0.275. The molecule has 1 unspecified atom stereocenters. The number of hydrogen-bond donors (Lipinski definition) is 2. The van der Waals surface area contributed by atoms with Crippen molar-refractivity contribution in [3.63, 3.8) is 0 Å². The van der Waals surface area contributed by atoms with E-state index in [1.54, 1.807) is 31.0 Å². The highest BCUT2D eigenvalue weighted by Crippen LogP contribution is 2.23. The number of carboxylic acid groups (broad SMARTS) is 1. The zero-order valence-corrected chi connectivity index (χ0v) is 10.9. The molecule has 18 heavy (non-hydrogen) atoms. The number of aliphatic carboxylic acids is 1. The maximum atomic E-state index is 11.3. The number of anilines is 1. The molecule has 1 aromatic rings. The van der Waals surface area contributed by atoms with E-state index < -0.39 is 17.8 Å². The Morgan fingerprint density at radius 2 is 2.11 bits per heavy atom. The number of rotatable bonds is 5. The van der Waals surface area contributed by atoms with E-state index in [2.05, 4.69) is 0 Å². The summed E-state index contributed by atoms with van der Waals surface area (Å²) in [5.74, 6) is -2.04. The van der Waals surface area contributed by atoms with Crippen LogP contribution in [0.2, 0.25) is 5.02 Å². The van der Waals surface area contributed by atoms with Crippen molar-refractivity contribution in [1.82, 2.24) is 0 Å². The first-order valence-electron chi connectivity index (χ1n) is 5.36. The number of primary amides is 1. The molecule has 0 saturated heterocycles. The minimum atomic E-state index is -0.892. The molecule has 0 aliphatic heterocycles. The lowest BCUT2D eigenvalue weighted by atomic mass is 10.1. The maximum Gasteiger partial charge on any atom is 0.308 e. The number of hydrogen-bond acceptors (Lipinski definition) is 3. The van der Waals surface area contributed by atoms with Crippen molar-refractivity contribution in [2.45, 2.75) is 6.92 Å². The zero-order valence-electron chi connectivity index (χ0n) is 10.2. The Hall–Kier alpha value is -1.75. The van der Waals surface area contributed by atoms with Gasteiger partial charge in [0.2, 0.25) is 0 Å². The van der Waals surface area contributed by atoms with Crippen LogP contribution in [0.1, 0.15) is 17.3 Å². The number of carbonyl (C=O) groups is 2. The Balaban J connectivity index is 3.01. The van der Waals surface area contributed by atoms with Crippen LogP contribution >= 0.6 is 11.6 Å². The number of carbonyl (C=O) groups excluding carboxylic acids is 1. The van der Waals surface area contributed by atoms with Crippen molar-refractivity contribution in [3.05, 3.63) is 28.8 Å². The van der Waals surface area contributed by atoms with E-state index in [1.807, 2.05) is 0 Å². The van der Waals surface area contributed by atoms with Crippen molar-refractivity contribution in [3.8, 4) is 0 Å². The van der Waals surface area contributed by atoms with Gasteiger partial charge in [0.1, 0.15) is 0 Å². The molecular weight excluding hydrogens is 256 g/mol. The Morgan fingerprint density at radius 1 is 1.50 bits per heavy atom. The van der Waals surface area contributed by atoms with Gasteiger partial charge in [-0.05, 0) is 18.2 Å². The molecule has 0 aliphatic carbocycles. The number of carboxylic acids is 1. The summed E-state index contributed by atoms with van der Waals surface area (Å²) >= 11 is 5.80. The fraction of sp³-hybridized carbons (Fsp3) is 0.333. The minimum Gasteiger partial charge on any atom is -0.481 e. The van der Waals surface area contributed by atoms with Gasteiger partial charge in [-0.15, -0.1) is 0 Å². The molecule has 5 nitrogen and oxygen atoms in total. The monoisotopic (exact) mass is 270 g/mol. The molecule has 0 bridgehead atoms. The van der Waals surface area contributed by atoms with Crippen LogP contribution in [0.15, 0.2) is 18.2 Å². The van der Waals surface area contributed by atoms with Gasteiger partial charge in [0.05, 0.1) is 11.5 Å². The fourth-order valence-electron chi connectivity index (χ4n) is 1.63. The van der Waals surface area contributed by atoms with Crippen molar-refractivity contribution < 1.29 is 14.7 Å². The van der Waals surface area contributed by atoms with Gasteiger partial charge in [0.15, 0.2) is 0 Å². The van der Waals surface area contributed by atoms with Crippen molar-refractivity contribution in [2.24, 2.45) is 11.7 Å². The second-order valence-corrected chi connectivity index (χ2v) is 4.58. The maximum absolute atomic E-state index is 11.3. The largest absolute Gasteiger partial charge is 0.481 e. The summed E-state index contributed by atoms with van der Waals surface area (Å²) in [5.41, 5.74) is 6.12. The highest BCUT2D eigenvalue weighted by Gasteiger charge is 2.17. The van der Waals surface area contributed by atoms with Gasteiger partial charge in [-0.2, -0.15) is 0 Å². The molecule has 0 radical (unpaired) electrons. The Labute approximate surface area is 110 Å². The Morgan fingerprint density at radius 3 is 2.61 bits per heavy atom. The molecule has 0 heterocycles. The van der Waals surface area contributed by atoms with Crippen molar-refractivity contribution in [2.75, 3.05) is 18.5 Å². The van der Waals surface area contributed by atoms with E-state index in [0.717, 1.165) is 0 Å². The van der Waals surface area contributed by atoms with Crippen LogP contribution < -0.4 is 10.6 Å². The van der Waals surface area contributed by atoms with E-state index in [4.69, 9.17) is 22.4 Å². The number of halogens is 1.